The molecule has 0 amide bonds. The molecular formula is C31H34FN15O2S2. The lowest BCUT2D eigenvalue weighted by molar-refractivity contribution is -0.116. The molecule has 0 saturated carbocycles. The zero-order valence-electron chi connectivity index (χ0n) is 27.7. The molecule has 51 heavy (non-hydrogen) atoms. The van der Waals surface area contributed by atoms with Crippen LogP contribution in [0, 0.1) is 5.82 Å². The zero-order valence-corrected chi connectivity index (χ0v) is 29.3. The third kappa shape index (κ3) is 7.32. The number of fused-ring (bicyclic) bond motifs is 6. The number of aromatic amines is 2. The molecule has 20 heteroatoms. The summed E-state index contributed by atoms with van der Waals surface area (Å²) in [6.07, 6.45) is 9.58. The second kappa shape index (κ2) is 14.7. The van der Waals surface area contributed by atoms with Crippen LogP contribution in [0.3, 0.4) is 0 Å². The number of nitrogens with two attached hydrogens (primary N) is 2. The first kappa shape index (κ1) is 33.9. The maximum Gasteiger partial charge on any atom is 0.229 e. The van der Waals surface area contributed by atoms with Crippen LogP contribution in [-0.4, -0.2) is 96.0 Å². The Morgan fingerprint density at radius 1 is 0.882 bits per heavy atom. The summed E-state index contributed by atoms with van der Waals surface area (Å²) in [7, 11) is 1.70. The second-order valence-electron chi connectivity index (χ2n) is 11.6. The number of H-pyrrole nitrogens is 2. The van der Waals surface area contributed by atoms with Gasteiger partial charge in [-0.05, 0) is 6.92 Å². The maximum absolute atomic E-state index is 12.9. The number of nitrogens with zero attached hydrogens (tertiary/aromatic N) is 10. The second-order valence-corrected chi connectivity index (χ2v) is 13.8. The Hall–Kier alpha value is -5.60. The van der Waals surface area contributed by atoms with Crippen LogP contribution in [0.2, 0.25) is 0 Å². The molecule has 17 nitrogen and oxygen atoms in total. The van der Waals surface area contributed by atoms with E-state index in [2.05, 4.69) is 60.4 Å². The van der Waals surface area contributed by atoms with Crippen LogP contribution >= 0.6 is 22.7 Å². The van der Waals surface area contributed by atoms with Crippen LogP contribution in [0.5, 0.6) is 0 Å². The van der Waals surface area contributed by atoms with Crippen LogP contribution in [0.15, 0.2) is 31.0 Å². The SMILES string of the molecule is CC(=O)CCN1CCc2sc(Nc3ncc(F)cn3)nc2-c2cn[nH]c21.COCCN1CCc2sc(-c3cnc(N)nc3N)nc2-c2cn[nH]c21. The Balaban J connectivity index is 0.000000159. The van der Waals surface area contributed by atoms with Gasteiger partial charge in [0.25, 0.3) is 0 Å². The average molecular weight is 732 g/mol. The van der Waals surface area contributed by atoms with Crippen molar-refractivity contribution in [1.82, 2.24) is 50.3 Å². The number of ether oxygens (including phenoxy) is 1. The Kier molecular flexibility index (Phi) is 9.77. The number of ketones is 1. The van der Waals surface area contributed by atoms with Crippen molar-refractivity contribution in [3.05, 3.63) is 46.6 Å². The van der Waals surface area contributed by atoms with Crippen LogP contribution in [0.25, 0.3) is 33.1 Å². The summed E-state index contributed by atoms with van der Waals surface area (Å²) in [5, 5.41) is 18.9. The predicted octanol–water partition coefficient (Wildman–Crippen LogP) is 3.71. The first-order chi connectivity index (χ1) is 24.8. The molecule has 0 unspecified atom stereocenters. The third-order valence-corrected chi connectivity index (χ3v) is 10.4. The molecule has 8 heterocycles. The van der Waals surface area contributed by atoms with Gasteiger partial charge in [-0.25, -0.2) is 29.3 Å². The van der Waals surface area contributed by atoms with Crippen LogP contribution < -0.4 is 26.6 Å². The van der Waals surface area contributed by atoms with Crippen molar-refractivity contribution in [2.45, 2.75) is 26.2 Å². The maximum atomic E-state index is 12.9. The highest BCUT2D eigenvalue weighted by Gasteiger charge is 2.27. The van der Waals surface area contributed by atoms with E-state index >= 15 is 0 Å². The normalized spacial score (nSPS) is 13.2. The van der Waals surface area contributed by atoms with Gasteiger partial charge in [-0.3, -0.25) is 15.0 Å². The van der Waals surface area contributed by atoms with Crippen LogP contribution in [0.4, 0.5) is 38.9 Å². The fraction of sp³-hybridized carbons (Fsp3) is 0.323. The summed E-state index contributed by atoms with van der Waals surface area (Å²) in [4.78, 5) is 43.3. The summed E-state index contributed by atoms with van der Waals surface area (Å²) in [5.41, 5.74) is 16.0. The van der Waals surface area contributed by atoms with Gasteiger partial charge in [-0.15, -0.1) is 22.7 Å². The molecular weight excluding hydrogens is 698 g/mol. The van der Waals surface area contributed by atoms with Crippen molar-refractivity contribution >= 4 is 62.9 Å². The van der Waals surface area contributed by atoms with Crippen LogP contribution in [0.1, 0.15) is 23.1 Å². The lowest BCUT2D eigenvalue weighted by Crippen LogP contribution is -2.29. The van der Waals surface area contributed by atoms with E-state index in [4.69, 9.17) is 21.2 Å². The molecule has 6 aromatic rings. The monoisotopic (exact) mass is 731 g/mol. The Morgan fingerprint density at radius 2 is 1.53 bits per heavy atom. The number of Topliss-reactive ketones (excluding diaryl/α,β-unsaturated/α-hetero) is 1. The molecule has 0 aliphatic carbocycles. The van der Waals surface area contributed by atoms with E-state index in [1.54, 1.807) is 37.8 Å². The van der Waals surface area contributed by atoms with E-state index in [0.29, 0.717) is 42.0 Å². The van der Waals surface area contributed by atoms with Crippen LogP contribution in [-0.2, 0) is 22.4 Å². The lowest BCUT2D eigenvalue weighted by atomic mass is 10.2. The van der Waals surface area contributed by atoms with E-state index < -0.39 is 5.82 Å². The van der Waals surface area contributed by atoms with Gasteiger partial charge in [0.05, 0.1) is 59.5 Å². The number of carbonyl (C=O) groups excluding carboxylic acids is 1. The molecule has 2 aliphatic rings. The van der Waals surface area contributed by atoms with Crippen molar-refractivity contribution < 1.29 is 13.9 Å². The molecule has 8 rings (SSSR count). The van der Waals surface area contributed by atoms with Gasteiger partial charge in [0, 0.05) is 68.5 Å². The zero-order chi connectivity index (χ0) is 35.5. The van der Waals surface area contributed by atoms with Gasteiger partial charge >= 0.3 is 0 Å². The number of rotatable bonds is 9. The molecule has 6 aromatic heterocycles. The first-order valence-electron chi connectivity index (χ1n) is 16.0. The number of methoxy groups -OCH3 is 1. The van der Waals surface area contributed by atoms with E-state index in [1.165, 1.54) is 16.2 Å². The number of aromatic nitrogens is 10. The molecule has 0 fully saturated rings. The van der Waals surface area contributed by atoms with Gasteiger partial charge in [0.15, 0.2) is 10.9 Å². The quantitative estimate of drug-likeness (QED) is 0.143. The fourth-order valence-electron chi connectivity index (χ4n) is 5.70. The van der Waals surface area contributed by atoms with E-state index in [-0.39, 0.29) is 11.7 Å². The lowest BCUT2D eigenvalue weighted by Gasteiger charge is -2.21. The Labute approximate surface area is 298 Å². The minimum atomic E-state index is -0.487. The van der Waals surface area contributed by atoms with Crippen molar-refractivity contribution in [3.63, 3.8) is 0 Å². The highest BCUT2D eigenvalue weighted by molar-refractivity contribution is 7.16. The van der Waals surface area contributed by atoms with Gasteiger partial charge in [-0.1, -0.05) is 0 Å². The first-order valence-corrected chi connectivity index (χ1v) is 17.6. The minimum Gasteiger partial charge on any atom is -0.383 e. The van der Waals surface area contributed by atoms with E-state index in [1.807, 2.05) is 6.20 Å². The standard InChI is InChI=1S/C16H16FN7OS.C15H18N8OS/c1-9(25)2-4-24-5-3-12-13(11-8-20-23-14(11)24)21-16(26-12)22-15-18-6-10(17)7-19-15;1-24-5-4-23-3-2-10-11(8-7-19-22-13(8)23)20-14(25-10)9-6-18-15(17)21-12(9)16/h6-8H,2-5H2,1H3,(H,20,23)(H,18,19,21,22);6-7H,2-5H2,1H3,(H,19,22)(H4,16,17,18,21). The number of nitrogen functional groups attached to an aromatic ring is 2. The number of thiazole rings is 2. The molecule has 0 aromatic carbocycles. The summed E-state index contributed by atoms with van der Waals surface area (Å²) in [5.74, 6) is 2.31. The molecule has 0 atom stereocenters. The fourth-order valence-corrected chi connectivity index (χ4v) is 7.75. The number of nitrogens with one attached hydrogen (secondary N) is 3. The molecule has 0 radical (unpaired) electrons. The van der Waals surface area contributed by atoms with Crippen molar-refractivity contribution in [2.75, 3.05) is 66.5 Å². The van der Waals surface area contributed by atoms with Gasteiger partial charge < -0.3 is 31.3 Å². The smallest absolute Gasteiger partial charge is 0.229 e. The molecule has 0 spiro atoms. The Bertz CT molecular complexity index is 2140. The van der Waals surface area contributed by atoms with E-state index in [9.17, 15) is 9.18 Å². The predicted molar refractivity (Wildman–Crippen MR) is 194 cm³/mol. The molecule has 2 aliphatic heterocycles. The molecule has 0 bridgehead atoms. The largest absolute Gasteiger partial charge is 0.383 e. The molecule has 0 saturated heterocycles. The number of carbonyl (C=O) groups is 1. The number of halogens is 1. The average Bonchev–Trinajstić information content (AvgIpc) is 3.91. The van der Waals surface area contributed by atoms with Gasteiger partial charge in [0.2, 0.25) is 11.9 Å². The number of hydrogen-bond acceptors (Lipinski definition) is 17. The topological polar surface area (TPSA) is 232 Å². The number of hydrogen-bond donors (Lipinski definition) is 5. The van der Waals surface area contributed by atoms with Gasteiger partial charge in [0.1, 0.15) is 28.2 Å². The molecule has 264 valence electrons. The third-order valence-electron chi connectivity index (χ3n) is 8.20. The summed E-state index contributed by atoms with van der Waals surface area (Å²) >= 11 is 3.11. The van der Waals surface area contributed by atoms with E-state index in [0.717, 1.165) is 88.9 Å². The van der Waals surface area contributed by atoms with Crippen molar-refractivity contribution in [3.8, 4) is 33.1 Å². The van der Waals surface area contributed by atoms with Crippen molar-refractivity contribution in [1.29, 1.82) is 0 Å². The van der Waals surface area contributed by atoms with Crippen molar-refractivity contribution in [2.24, 2.45) is 0 Å². The van der Waals surface area contributed by atoms with Gasteiger partial charge in [-0.2, -0.15) is 15.2 Å². The Morgan fingerprint density at radius 3 is 2.18 bits per heavy atom. The highest BCUT2D eigenvalue weighted by Crippen LogP contribution is 2.41. The summed E-state index contributed by atoms with van der Waals surface area (Å²) in [6.45, 7) is 5.33. The summed E-state index contributed by atoms with van der Waals surface area (Å²) in [6, 6.07) is 0. The number of anilines is 6. The summed E-state index contributed by atoms with van der Waals surface area (Å²) < 4.78 is 18.1. The minimum absolute atomic E-state index is 0.158. The molecule has 7 N–H and O–H groups in total. The highest BCUT2D eigenvalue weighted by atomic mass is 32.1.